The molecule has 3 nitrogen and oxygen atoms in total. The third-order valence-corrected chi connectivity index (χ3v) is 2.99. The summed E-state index contributed by atoms with van der Waals surface area (Å²) in [5.74, 6) is 0. The molecular formula is C11H24N2O. The van der Waals surface area contributed by atoms with E-state index in [4.69, 9.17) is 0 Å². The number of nitrogens with one attached hydrogen (secondary N) is 1. The summed E-state index contributed by atoms with van der Waals surface area (Å²) >= 11 is 0. The van der Waals surface area contributed by atoms with Gasteiger partial charge in [0.15, 0.2) is 0 Å². The molecule has 0 aromatic heterocycles. The van der Waals surface area contributed by atoms with Crippen molar-refractivity contribution >= 4 is 0 Å². The molecule has 1 saturated heterocycles. The summed E-state index contributed by atoms with van der Waals surface area (Å²) in [5, 5.41) is 13.3. The first-order chi connectivity index (χ1) is 6.54. The van der Waals surface area contributed by atoms with Gasteiger partial charge in [-0.15, -0.1) is 0 Å². The molecule has 1 aliphatic heterocycles. The molecule has 84 valence electrons. The fourth-order valence-corrected chi connectivity index (χ4v) is 2.49. The van der Waals surface area contributed by atoms with E-state index in [0.29, 0.717) is 12.1 Å². The predicted molar refractivity (Wildman–Crippen MR) is 59.4 cm³/mol. The number of aliphatic hydroxyl groups is 1. The number of aliphatic hydroxyl groups excluding tert-OH is 1. The normalized spacial score (nSPS) is 29.1. The van der Waals surface area contributed by atoms with Crippen molar-refractivity contribution in [1.82, 2.24) is 10.2 Å². The summed E-state index contributed by atoms with van der Waals surface area (Å²) in [6.45, 7) is 10.6. The van der Waals surface area contributed by atoms with Gasteiger partial charge in [0.25, 0.3) is 0 Å². The van der Waals surface area contributed by atoms with E-state index >= 15 is 0 Å². The molecule has 1 aliphatic rings. The van der Waals surface area contributed by atoms with E-state index in [2.05, 4.69) is 37.9 Å². The largest absolute Gasteiger partial charge is 0.391 e. The Balaban J connectivity index is 2.65. The standard InChI is InChI=1S/C11H24N2O/c1-8(2)13(9(3)4)10-7-12-6-5-11(10)14/h8-12,14H,5-7H2,1-4H3. The Labute approximate surface area is 87.5 Å². The lowest BCUT2D eigenvalue weighted by molar-refractivity contribution is -0.00350. The third-order valence-electron chi connectivity index (χ3n) is 2.99. The quantitative estimate of drug-likeness (QED) is 0.708. The summed E-state index contributed by atoms with van der Waals surface area (Å²) in [5.41, 5.74) is 0. The second-order valence-electron chi connectivity index (χ2n) is 4.76. The van der Waals surface area contributed by atoms with Crippen molar-refractivity contribution in [3.63, 3.8) is 0 Å². The lowest BCUT2D eigenvalue weighted by atomic mass is 9.99. The van der Waals surface area contributed by atoms with Crippen LogP contribution in [0.1, 0.15) is 34.1 Å². The zero-order valence-electron chi connectivity index (χ0n) is 9.83. The molecule has 0 spiro atoms. The van der Waals surface area contributed by atoms with Crippen molar-refractivity contribution in [2.45, 2.75) is 58.3 Å². The SMILES string of the molecule is CC(C)N(C(C)C)C1CNCCC1O. The second-order valence-corrected chi connectivity index (χ2v) is 4.76. The number of rotatable bonds is 3. The molecule has 0 aromatic rings. The van der Waals surface area contributed by atoms with Gasteiger partial charge in [0.1, 0.15) is 0 Å². The minimum absolute atomic E-state index is 0.166. The van der Waals surface area contributed by atoms with Gasteiger partial charge >= 0.3 is 0 Å². The number of hydrogen-bond donors (Lipinski definition) is 2. The van der Waals surface area contributed by atoms with E-state index in [-0.39, 0.29) is 12.1 Å². The maximum Gasteiger partial charge on any atom is 0.0720 e. The fourth-order valence-electron chi connectivity index (χ4n) is 2.49. The molecular weight excluding hydrogens is 176 g/mol. The van der Waals surface area contributed by atoms with Crippen molar-refractivity contribution in [3.05, 3.63) is 0 Å². The van der Waals surface area contributed by atoms with Crippen molar-refractivity contribution in [3.8, 4) is 0 Å². The zero-order chi connectivity index (χ0) is 10.7. The molecule has 1 rings (SSSR count). The lowest BCUT2D eigenvalue weighted by Gasteiger charge is -2.42. The van der Waals surface area contributed by atoms with Crippen LogP contribution in [0.4, 0.5) is 0 Å². The van der Waals surface area contributed by atoms with E-state index in [0.717, 1.165) is 19.5 Å². The molecule has 2 unspecified atom stereocenters. The minimum atomic E-state index is -0.166. The van der Waals surface area contributed by atoms with Crippen LogP contribution < -0.4 is 5.32 Å². The predicted octanol–water partition coefficient (Wildman–Crippen LogP) is 0.828. The van der Waals surface area contributed by atoms with Crippen LogP contribution >= 0.6 is 0 Å². The van der Waals surface area contributed by atoms with Crippen LogP contribution in [0.3, 0.4) is 0 Å². The molecule has 0 amide bonds. The molecule has 14 heavy (non-hydrogen) atoms. The highest BCUT2D eigenvalue weighted by Gasteiger charge is 2.31. The average Bonchev–Trinajstić information content (AvgIpc) is 2.07. The molecule has 2 atom stereocenters. The van der Waals surface area contributed by atoms with Gasteiger partial charge in [-0.05, 0) is 40.7 Å². The number of nitrogens with zero attached hydrogens (tertiary/aromatic N) is 1. The smallest absolute Gasteiger partial charge is 0.0720 e. The summed E-state index contributed by atoms with van der Waals surface area (Å²) in [7, 11) is 0. The summed E-state index contributed by atoms with van der Waals surface area (Å²) in [4.78, 5) is 2.40. The van der Waals surface area contributed by atoms with Crippen LogP contribution in [-0.4, -0.2) is 47.3 Å². The Morgan fingerprint density at radius 2 is 1.79 bits per heavy atom. The molecule has 1 fully saturated rings. The first-order valence-electron chi connectivity index (χ1n) is 5.70. The molecule has 3 heteroatoms. The first-order valence-corrected chi connectivity index (χ1v) is 5.70. The van der Waals surface area contributed by atoms with Gasteiger partial charge in [0, 0.05) is 24.7 Å². The number of hydrogen-bond acceptors (Lipinski definition) is 3. The van der Waals surface area contributed by atoms with Crippen LogP contribution in [-0.2, 0) is 0 Å². The summed E-state index contributed by atoms with van der Waals surface area (Å²) < 4.78 is 0. The average molecular weight is 200 g/mol. The van der Waals surface area contributed by atoms with Crippen LogP contribution in [0.5, 0.6) is 0 Å². The van der Waals surface area contributed by atoms with Gasteiger partial charge in [-0.25, -0.2) is 0 Å². The van der Waals surface area contributed by atoms with Crippen molar-refractivity contribution in [2.24, 2.45) is 0 Å². The second kappa shape index (κ2) is 5.10. The van der Waals surface area contributed by atoms with Gasteiger partial charge in [-0.3, -0.25) is 4.90 Å². The van der Waals surface area contributed by atoms with Gasteiger partial charge < -0.3 is 10.4 Å². The summed E-state index contributed by atoms with van der Waals surface area (Å²) in [6.07, 6.45) is 0.710. The van der Waals surface area contributed by atoms with Crippen LogP contribution in [0.15, 0.2) is 0 Å². The molecule has 1 heterocycles. The third kappa shape index (κ3) is 2.69. The topological polar surface area (TPSA) is 35.5 Å². The van der Waals surface area contributed by atoms with E-state index < -0.39 is 0 Å². The first kappa shape index (κ1) is 12.0. The van der Waals surface area contributed by atoms with Crippen LogP contribution in [0.25, 0.3) is 0 Å². The van der Waals surface area contributed by atoms with Gasteiger partial charge in [0.05, 0.1) is 6.10 Å². The highest BCUT2D eigenvalue weighted by molar-refractivity contribution is 4.88. The van der Waals surface area contributed by atoms with Gasteiger partial charge in [-0.2, -0.15) is 0 Å². The fraction of sp³-hybridized carbons (Fsp3) is 1.00. The molecule has 0 radical (unpaired) electrons. The lowest BCUT2D eigenvalue weighted by Crippen LogP contribution is -2.58. The zero-order valence-corrected chi connectivity index (χ0v) is 9.83. The molecule has 0 bridgehead atoms. The van der Waals surface area contributed by atoms with Crippen molar-refractivity contribution < 1.29 is 5.11 Å². The Kier molecular flexibility index (Phi) is 4.35. The van der Waals surface area contributed by atoms with E-state index in [1.807, 2.05) is 0 Å². The molecule has 0 saturated carbocycles. The molecule has 2 N–H and O–H groups in total. The van der Waals surface area contributed by atoms with E-state index in [1.165, 1.54) is 0 Å². The monoisotopic (exact) mass is 200 g/mol. The molecule has 0 aliphatic carbocycles. The minimum Gasteiger partial charge on any atom is -0.391 e. The highest BCUT2D eigenvalue weighted by Crippen LogP contribution is 2.17. The van der Waals surface area contributed by atoms with Crippen LogP contribution in [0.2, 0.25) is 0 Å². The van der Waals surface area contributed by atoms with Crippen molar-refractivity contribution in [1.29, 1.82) is 0 Å². The van der Waals surface area contributed by atoms with E-state index in [1.54, 1.807) is 0 Å². The Morgan fingerprint density at radius 1 is 1.21 bits per heavy atom. The van der Waals surface area contributed by atoms with Crippen LogP contribution in [0, 0.1) is 0 Å². The summed E-state index contributed by atoms with van der Waals surface area (Å²) in [6, 6.07) is 1.27. The maximum absolute atomic E-state index is 9.96. The number of piperidine rings is 1. The van der Waals surface area contributed by atoms with Gasteiger partial charge in [0.2, 0.25) is 0 Å². The Bertz CT molecular complexity index is 163. The maximum atomic E-state index is 9.96. The Hall–Kier alpha value is -0.120. The van der Waals surface area contributed by atoms with Crippen molar-refractivity contribution in [2.75, 3.05) is 13.1 Å². The highest BCUT2D eigenvalue weighted by atomic mass is 16.3. The Morgan fingerprint density at radius 3 is 2.21 bits per heavy atom. The molecule has 0 aromatic carbocycles. The van der Waals surface area contributed by atoms with E-state index in [9.17, 15) is 5.11 Å². The van der Waals surface area contributed by atoms with Gasteiger partial charge in [-0.1, -0.05) is 0 Å².